The maximum atomic E-state index is 12.1. The maximum Gasteiger partial charge on any atom is 0.335 e. The second kappa shape index (κ2) is 9.10. The fraction of sp³-hybridized carbons (Fsp3) is 0.263. The molecule has 0 bridgehead atoms. The first-order valence-corrected chi connectivity index (χ1v) is 8.40. The van der Waals surface area contributed by atoms with E-state index in [1.54, 1.807) is 24.3 Å². The monoisotopic (exact) mass is 377 g/mol. The van der Waals surface area contributed by atoms with Gasteiger partial charge < -0.3 is 19.9 Å². The smallest absolute Gasteiger partial charge is 0.335 e. The first kappa shape index (κ1) is 19.6. The summed E-state index contributed by atoms with van der Waals surface area (Å²) in [4.78, 5) is 23.1. The molecular formula is C19H20ClNO5. The summed E-state index contributed by atoms with van der Waals surface area (Å²) in [6.07, 6.45) is 0.0863. The molecule has 0 spiro atoms. The lowest BCUT2D eigenvalue weighted by Crippen LogP contribution is -2.24. The Morgan fingerprint density at radius 2 is 1.96 bits per heavy atom. The van der Waals surface area contributed by atoms with Gasteiger partial charge in [0.2, 0.25) is 5.91 Å². The first-order chi connectivity index (χ1) is 12.4. The van der Waals surface area contributed by atoms with Crippen LogP contribution in [0.1, 0.15) is 28.4 Å². The molecule has 2 N–H and O–H groups in total. The van der Waals surface area contributed by atoms with Crippen molar-refractivity contribution in [3.63, 3.8) is 0 Å². The fourth-order valence-corrected chi connectivity index (χ4v) is 2.71. The second-order valence-corrected chi connectivity index (χ2v) is 5.91. The van der Waals surface area contributed by atoms with E-state index in [1.165, 1.54) is 19.2 Å². The van der Waals surface area contributed by atoms with Crippen LogP contribution in [-0.2, 0) is 17.8 Å². The molecule has 0 aromatic heterocycles. The van der Waals surface area contributed by atoms with E-state index >= 15 is 0 Å². The highest BCUT2D eigenvalue weighted by Crippen LogP contribution is 2.36. The molecular weight excluding hydrogens is 358 g/mol. The van der Waals surface area contributed by atoms with Crippen molar-refractivity contribution < 1.29 is 24.2 Å². The number of carbonyl (C=O) groups excluding carboxylic acids is 1. The zero-order chi connectivity index (χ0) is 19.1. The lowest BCUT2D eigenvalue weighted by molar-refractivity contribution is -0.120. The molecule has 0 heterocycles. The Morgan fingerprint density at radius 3 is 2.62 bits per heavy atom. The van der Waals surface area contributed by atoms with E-state index in [2.05, 4.69) is 5.32 Å². The Hall–Kier alpha value is -2.73. The lowest BCUT2D eigenvalue weighted by Gasteiger charge is -2.13. The summed E-state index contributed by atoms with van der Waals surface area (Å²) in [6.45, 7) is 2.57. The molecule has 2 aromatic rings. The van der Waals surface area contributed by atoms with Crippen LogP contribution in [-0.4, -0.2) is 30.7 Å². The third-order valence-electron chi connectivity index (χ3n) is 3.61. The number of methoxy groups -OCH3 is 1. The average molecular weight is 378 g/mol. The van der Waals surface area contributed by atoms with Crippen LogP contribution >= 0.6 is 11.6 Å². The molecule has 6 nitrogen and oxygen atoms in total. The van der Waals surface area contributed by atoms with Gasteiger partial charge in [0.05, 0.1) is 30.7 Å². The summed E-state index contributed by atoms with van der Waals surface area (Å²) >= 11 is 6.21. The van der Waals surface area contributed by atoms with E-state index in [1.807, 2.05) is 6.92 Å². The quantitative estimate of drug-likeness (QED) is 0.737. The molecule has 26 heavy (non-hydrogen) atoms. The normalized spacial score (nSPS) is 10.3. The minimum atomic E-state index is -1.02. The number of hydrogen-bond acceptors (Lipinski definition) is 4. The predicted molar refractivity (Wildman–Crippen MR) is 98.1 cm³/mol. The summed E-state index contributed by atoms with van der Waals surface area (Å²) in [5.41, 5.74) is 1.55. The summed E-state index contributed by atoms with van der Waals surface area (Å²) in [7, 11) is 1.52. The van der Waals surface area contributed by atoms with Gasteiger partial charge in [-0.2, -0.15) is 0 Å². The Morgan fingerprint density at radius 1 is 1.19 bits per heavy atom. The SMILES string of the molecule is CCOc1c(Cl)cc(CNC(=O)Cc2cccc(C(=O)O)c2)cc1OC. The highest BCUT2D eigenvalue weighted by molar-refractivity contribution is 6.32. The van der Waals surface area contributed by atoms with Crippen LogP contribution in [0.5, 0.6) is 11.5 Å². The molecule has 0 saturated heterocycles. The zero-order valence-corrected chi connectivity index (χ0v) is 15.3. The maximum absolute atomic E-state index is 12.1. The zero-order valence-electron chi connectivity index (χ0n) is 14.5. The van der Waals surface area contributed by atoms with Crippen molar-refractivity contribution in [2.24, 2.45) is 0 Å². The van der Waals surface area contributed by atoms with E-state index in [0.717, 1.165) is 5.56 Å². The standard InChI is InChI=1S/C19H20ClNO5/c1-3-26-18-15(20)8-13(9-16(18)25-2)11-21-17(22)10-12-5-4-6-14(7-12)19(23)24/h4-9H,3,10-11H2,1-2H3,(H,21,22)(H,23,24). The number of carboxylic acids is 1. The minimum absolute atomic E-state index is 0.0863. The van der Waals surface area contributed by atoms with Crippen LogP contribution < -0.4 is 14.8 Å². The average Bonchev–Trinajstić information content (AvgIpc) is 2.62. The molecule has 1 amide bonds. The van der Waals surface area contributed by atoms with Gasteiger partial charge in [-0.25, -0.2) is 4.79 Å². The Balaban J connectivity index is 2.02. The van der Waals surface area contributed by atoms with Gasteiger partial charge >= 0.3 is 5.97 Å². The van der Waals surface area contributed by atoms with Gasteiger partial charge in [0.1, 0.15) is 0 Å². The number of ether oxygens (including phenoxy) is 2. The van der Waals surface area contributed by atoms with Crippen LogP contribution in [0.25, 0.3) is 0 Å². The lowest BCUT2D eigenvalue weighted by atomic mass is 10.1. The molecule has 0 atom stereocenters. The molecule has 0 aliphatic rings. The fourth-order valence-electron chi connectivity index (χ4n) is 2.42. The molecule has 0 aliphatic carbocycles. The molecule has 2 aromatic carbocycles. The van der Waals surface area contributed by atoms with E-state index in [9.17, 15) is 9.59 Å². The third kappa shape index (κ3) is 5.13. The van der Waals surface area contributed by atoms with Gasteiger partial charge in [-0.15, -0.1) is 0 Å². The van der Waals surface area contributed by atoms with Crippen molar-refractivity contribution >= 4 is 23.5 Å². The van der Waals surface area contributed by atoms with E-state index in [4.69, 9.17) is 26.2 Å². The van der Waals surface area contributed by atoms with Crippen LogP contribution in [0.2, 0.25) is 5.02 Å². The van der Waals surface area contributed by atoms with Crippen molar-refractivity contribution in [2.75, 3.05) is 13.7 Å². The largest absolute Gasteiger partial charge is 0.493 e. The number of benzene rings is 2. The number of halogens is 1. The highest BCUT2D eigenvalue weighted by atomic mass is 35.5. The predicted octanol–water partition coefficient (Wildman–Crippen LogP) is 3.30. The molecule has 0 fully saturated rings. The number of hydrogen-bond donors (Lipinski definition) is 2. The Labute approximate surface area is 156 Å². The number of amides is 1. The van der Waals surface area contributed by atoms with Gasteiger partial charge in [0.15, 0.2) is 11.5 Å². The number of rotatable bonds is 8. The summed E-state index contributed by atoms with van der Waals surface area (Å²) in [6, 6.07) is 9.76. The van der Waals surface area contributed by atoms with Gasteiger partial charge in [0.25, 0.3) is 0 Å². The second-order valence-electron chi connectivity index (χ2n) is 5.50. The number of nitrogens with one attached hydrogen (secondary N) is 1. The molecule has 0 radical (unpaired) electrons. The van der Waals surface area contributed by atoms with Gasteiger partial charge in [0, 0.05) is 6.54 Å². The van der Waals surface area contributed by atoms with Crippen molar-refractivity contribution in [3.05, 3.63) is 58.1 Å². The molecule has 0 aliphatic heterocycles. The summed E-state index contributed by atoms with van der Waals surface area (Å²) in [5.74, 6) is -0.283. The molecule has 138 valence electrons. The van der Waals surface area contributed by atoms with Crippen LogP contribution in [0.4, 0.5) is 0 Å². The first-order valence-electron chi connectivity index (χ1n) is 8.02. The topological polar surface area (TPSA) is 84.9 Å². The number of carboxylic acid groups (broad SMARTS) is 1. The van der Waals surface area contributed by atoms with Crippen LogP contribution in [0.3, 0.4) is 0 Å². The minimum Gasteiger partial charge on any atom is -0.493 e. The Kier molecular flexibility index (Phi) is 6.86. The van der Waals surface area contributed by atoms with Gasteiger partial charge in [-0.05, 0) is 42.3 Å². The third-order valence-corrected chi connectivity index (χ3v) is 3.89. The van der Waals surface area contributed by atoms with Crippen molar-refractivity contribution in [2.45, 2.75) is 19.9 Å². The highest BCUT2D eigenvalue weighted by Gasteiger charge is 2.13. The van der Waals surface area contributed by atoms with Crippen molar-refractivity contribution in [1.82, 2.24) is 5.32 Å². The van der Waals surface area contributed by atoms with E-state index < -0.39 is 5.97 Å². The van der Waals surface area contributed by atoms with Crippen LogP contribution in [0.15, 0.2) is 36.4 Å². The van der Waals surface area contributed by atoms with Crippen molar-refractivity contribution in [3.8, 4) is 11.5 Å². The summed E-state index contributed by atoms with van der Waals surface area (Å²) < 4.78 is 10.7. The Bertz CT molecular complexity index is 807. The van der Waals surface area contributed by atoms with Crippen molar-refractivity contribution in [1.29, 1.82) is 0 Å². The van der Waals surface area contributed by atoms with Gasteiger partial charge in [-0.1, -0.05) is 23.7 Å². The molecule has 7 heteroatoms. The molecule has 0 unspecified atom stereocenters. The van der Waals surface area contributed by atoms with Crippen LogP contribution in [0, 0.1) is 0 Å². The van der Waals surface area contributed by atoms with E-state index in [0.29, 0.717) is 28.7 Å². The number of carbonyl (C=O) groups is 2. The molecule has 0 saturated carbocycles. The summed E-state index contributed by atoms with van der Waals surface area (Å²) in [5, 5.41) is 12.2. The number of aromatic carboxylic acids is 1. The van der Waals surface area contributed by atoms with Gasteiger partial charge in [-0.3, -0.25) is 4.79 Å². The molecule has 2 rings (SSSR count). The van der Waals surface area contributed by atoms with E-state index in [-0.39, 0.29) is 24.4 Å².